The Hall–Kier alpha value is -0.300. The van der Waals surface area contributed by atoms with E-state index in [-0.39, 0.29) is 0 Å². The summed E-state index contributed by atoms with van der Waals surface area (Å²) in [5.41, 5.74) is 2.21. The zero-order valence-corrected chi connectivity index (χ0v) is 10.1. The number of aliphatic hydroxyl groups is 1. The Morgan fingerprint density at radius 1 is 1.33 bits per heavy atom. The highest BCUT2D eigenvalue weighted by Gasteiger charge is 2.48. The molecule has 0 aromatic carbocycles. The van der Waals surface area contributed by atoms with Crippen LogP contribution < -0.4 is 0 Å². The van der Waals surface area contributed by atoms with E-state index in [2.05, 4.69) is 19.9 Å². The molecule has 1 heteroatoms. The second kappa shape index (κ2) is 4.29. The van der Waals surface area contributed by atoms with Crippen LogP contribution >= 0.6 is 0 Å². The Morgan fingerprint density at radius 2 is 2.13 bits per heavy atom. The number of fused-ring (bicyclic) bond motifs is 2. The van der Waals surface area contributed by atoms with Gasteiger partial charge in [0.05, 0.1) is 0 Å². The maximum atomic E-state index is 8.75. The summed E-state index contributed by atoms with van der Waals surface area (Å²) in [5, 5.41) is 8.75. The molecule has 2 aliphatic carbocycles. The molecule has 2 bridgehead atoms. The van der Waals surface area contributed by atoms with Crippen molar-refractivity contribution in [3.63, 3.8) is 0 Å². The molecule has 2 saturated carbocycles. The van der Waals surface area contributed by atoms with Crippen molar-refractivity contribution in [1.29, 1.82) is 0 Å². The van der Waals surface area contributed by atoms with Gasteiger partial charge in [0.25, 0.3) is 0 Å². The van der Waals surface area contributed by atoms with Crippen molar-refractivity contribution in [2.24, 2.45) is 17.3 Å². The number of unbranched alkanes of at least 4 members (excludes halogenated alkanes) is 2. The van der Waals surface area contributed by atoms with Gasteiger partial charge in [0.2, 0.25) is 0 Å². The Balaban J connectivity index is 1.96. The lowest BCUT2D eigenvalue weighted by Gasteiger charge is -2.33. The van der Waals surface area contributed by atoms with Crippen molar-refractivity contribution in [3.05, 3.63) is 11.6 Å². The average molecular weight is 208 g/mol. The van der Waals surface area contributed by atoms with E-state index in [1.165, 1.54) is 25.7 Å². The summed E-state index contributed by atoms with van der Waals surface area (Å²) in [4.78, 5) is 0. The molecule has 2 atom stereocenters. The van der Waals surface area contributed by atoms with Crippen molar-refractivity contribution < 1.29 is 5.11 Å². The number of rotatable bonds is 4. The van der Waals surface area contributed by atoms with Crippen LogP contribution in [-0.4, -0.2) is 11.7 Å². The monoisotopic (exact) mass is 208 g/mol. The van der Waals surface area contributed by atoms with E-state index in [9.17, 15) is 0 Å². The number of hydrogen-bond acceptors (Lipinski definition) is 1. The third-order valence-corrected chi connectivity index (χ3v) is 4.61. The Bertz CT molecular complexity index is 252. The number of hydrogen-bond donors (Lipinski definition) is 1. The van der Waals surface area contributed by atoms with E-state index in [4.69, 9.17) is 5.11 Å². The van der Waals surface area contributed by atoms with E-state index in [0.29, 0.717) is 12.0 Å². The second-order valence-electron chi connectivity index (χ2n) is 5.81. The summed E-state index contributed by atoms with van der Waals surface area (Å²) >= 11 is 0. The normalized spacial score (nSPS) is 35.3. The molecule has 0 aromatic heterocycles. The lowest BCUT2D eigenvalue weighted by molar-refractivity contribution is 0.281. The zero-order valence-electron chi connectivity index (χ0n) is 10.1. The number of aliphatic hydroxyl groups excluding tert-OH is 1. The first-order valence-electron chi connectivity index (χ1n) is 6.47. The van der Waals surface area contributed by atoms with Crippen LogP contribution in [0, 0.1) is 17.3 Å². The molecule has 2 unspecified atom stereocenters. The van der Waals surface area contributed by atoms with Gasteiger partial charge in [-0.1, -0.05) is 25.5 Å². The van der Waals surface area contributed by atoms with Gasteiger partial charge in [0, 0.05) is 6.61 Å². The summed E-state index contributed by atoms with van der Waals surface area (Å²) in [6.45, 7) is 5.20. The molecule has 0 spiro atoms. The lowest BCUT2D eigenvalue weighted by atomic mass is 9.72. The number of allylic oxidation sites excluding steroid dienone is 2. The maximum absolute atomic E-state index is 8.75. The van der Waals surface area contributed by atoms with Gasteiger partial charge in [-0.3, -0.25) is 0 Å². The molecule has 2 fully saturated rings. The topological polar surface area (TPSA) is 20.2 Å². The minimum atomic E-state index is 0.346. The van der Waals surface area contributed by atoms with E-state index in [1.807, 2.05) is 0 Å². The van der Waals surface area contributed by atoms with E-state index >= 15 is 0 Å². The molecule has 0 saturated heterocycles. The smallest absolute Gasteiger partial charge is 0.0431 e. The molecule has 0 heterocycles. The van der Waals surface area contributed by atoms with E-state index < -0.39 is 0 Å². The van der Waals surface area contributed by atoms with Crippen molar-refractivity contribution >= 4 is 0 Å². The van der Waals surface area contributed by atoms with Gasteiger partial charge in [-0.15, -0.1) is 0 Å². The fraction of sp³-hybridized carbons (Fsp3) is 0.857. The SMILES string of the molecule is CC1(C)/C(=C\CCCCO)C2CCC1C2. The highest BCUT2D eigenvalue weighted by Crippen LogP contribution is 2.59. The quantitative estimate of drug-likeness (QED) is 0.553. The average Bonchev–Trinajstić information content (AvgIpc) is 2.73. The van der Waals surface area contributed by atoms with Gasteiger partial charge in [-0.2, -0.15) is 0 Å². The first-order chi connectivity index (χ1) is 7.16. The molecule has 0 aliphatic heterocycles. The van der Waals surface area contributed by atoms with Crippen LogP contribution in [0.1, 0.15) is 52.4 Å². The largest absolute Gasteiger partial charge is 0.396 e. The predicted molar refractivity (Wildman–Crippen MR) is 63.6 cm³/mol. The van der Waals surface area contributed by atoms with Crippen LogP contribution in [0.25, 0.3) is 0 Å². The standard InChI is InChI=1S/C14H24O/c1-14(2)12-8-7-11(10-12)13(14)6-4-3-5-9-15/h6,11-12,15H,3-5,7-10H2,1-2H3/b13-6-. The van der Waals surface area contributed by atoms with Crippen LogP contribution in [0.3, 0.4) is 0 Å². The highest BCUT2D eigenvalue weighted by atomic mass is 16.2. The van der Waals surface area contributed by atoms with Crippen LogP contribution in [0.15, 0.2) is 11.6 Å². The summed E-state index contributed by atoms with van der Waals surface area (Å²) in [7, 11) is 0. The Labute approximate surface area is 93.6 Å². The van der Waals surface area contributed by atoms with Gasteiger partial charge in [0.15, 0.2) is 0 Å². The summed E-state index contributed by atoms with van der Waals surface area (Å²) < 4.78 is 0. The Morgan fingerprint density at radius 3 is 2.73 bits per heavy atom. The molecule has 15 heavy (non-hydrogen) atoms. The molecule has 0 radical (unpaired) electrons. The maximum Gasteiger partial charge on any atom is 0.0431 e. The third kappa shape index (κ3) is 1.99. The van der Waals surface area contributed by atoms with Gasteiger partial charge in [0.1, 0.15) is 0 Å². The second-order valence-corrected chi connectivity index (χ2v) is 5.81. The minimum absolute atomic E-state index is 0.346. The minimum Gasteiger partial charge on any atom is -0.396 e. The first kappa shape index (κ1) is 11.2. The molecular formula is C14H24O. The molecule has 0 amide bonds. The van der Waals surface area contributed by atoms with Crippen LogP contribution in [0.4, 0.5) is 0 Å². The Kier molecular flexibility index (Phi) is 3.20. The van der Waals surface area contributed by atoms with E-state index in [0.717, 1.165) is 24.7 Å². The molecular weight excluding hydrogens is 184 g/mol. The highest BCUT2D eigenvalue weighted by molar-refractivity contribution is 5.25. The van der Waals surface area contributed by atoms with Crippen molar-refractivity contribution in [2.75, 3.05) is 6.61 Å². The van der Waals surface area contributed by atoms with Crippen molar-refractivity contribution in [2.45, 2.75) is 52.4 Å². The fourth-order valence-electron chi connectivity index (χ4n) is 3.62. The van der Waals surface area contributed by atoms with Crippen LogP contribution in [0.2, 0.25) is 0 Å². The molecule has 1 nitrogen and oxygen atoms in total. The van der Waals surface area contributed by atoms with Gasteiger partial charge >= 0.3 is 0 Å². The fourth-order valence-corrected chi connectivity index (χ4v) is 3.62. The summed E-state index contributed by atoms with van der Waals surface area (Å²) in [6.07, 6.45) is 10.1. The van der Waals surface area contributed by atoms with Crippen molar-refractivity contribution in [1.82, 2.24) is 0 Å². The van der Waals surface area contributed by atoms with E-state index in [1.54, 1.807) is 5.57 Å². The van der Waals surface area contributed by atoms with Gasteiger partial charge < -0.3 is 5.11 Å². The molecule has 2 rings (SSSR count). The zero-order chi connectivity index (χ0) is 10.9. The van der Waals surface area contributed by atoms with Gasteiger partial charge in [-0.25, -0.2) is 0 Å². The molecule has 0 aromatic rings. The predicted octanol–water partition coefficient (Wildman–Crippen LogP) is 3.53. The van der Waals surface area contributed by atoms with Crippen LogP contribution in [0.5, 0.6) is 0 Å². The third-order valence-electron chi connectivity index (χ3n) is 4.61. The molecule has 2 aliphatic rings. The lowest BCUT2D eigenvalue weighted by Crippen LogP contribution is -2.22. The summed E-state index contributed by atoms with van der Waals surface area (Å²) in [5.74, 6) is 1.85. The van der Waals surface area contributed by atoms with Crippen molar-refractivity contribution in [3.8, 4) is 0 Å². The van der Waals surface area contributed by atoms with Crippen LogP contribution in [-0.2, 0) is 0 Å². The van der Waals surface area contributed by atoms with Gasteiger partial charge in [-0.05, 0) is 55.8 Å². The molecule has 1 N–H and O–H groups in total. The summed E-state index contributed by atoms with van der Waals surface area (Å²) in [6, 6.07) is 0. The molecule has 86 valence electrons. The first-order valence-corrected chi connectivity index (χ1v) is 6.47.